The van der Waals surface area contributed by atoms with Gasteiger partial charge < -0.3 is 19.3 Å². The van der Waals surface area contributed by atoms with Gasteiger partial charge >= 0.3 is 6.09 Å². The topological polar surface area (TPSA) is 59.1 Å². The molecule has 1 aliphatic rings. The van der Waals surface area contributed by atoms with E-state index in [-0.39, 0.29) is 50.3 Å². The first kappa shape index (κ1) is 27.4. The molecule has 0 aliphatic carbocycles. The number of rotatable bonds is 7. The van der Waals surface area contributed by atoms with Gasteiger partial charge in [-0.1, -0.05) is 24.3 Å². The van der Waals surface area contributed by atoms with E-state index in [1.54, 1.807) is 32.9 Å². The average molecular weight is 503 g/mol. The minimum absolute atomic E-state index is 0.0386. The Morgan fingerprint density at radius 3 is 2.22 bits per heavy atom. The van der Waals surface area contributed by atoms with Gasteiger partial charge in [0, 0.05) is 13.1 Å². The third-order valence-corrected chi connectivity index (χ3v) is 5.80. The predicted molar refractivity (Wildman–Crippen MR) is 134 cm³/mol. The molecular formula is C28H36F2N2O4. The zero-order valence-electron chi connectivity index (χ0n) is 21.7. The Labute approximate surface area is 212 Å². The van der Waals surface area contributed by atoms with Gasteiger partial charge in [-0.3, -0.25) is 4.79 Å². The van der Waals surface area contributed by atoms with Crippen molar-refractivity contribution in [2.75, 3.05) is 13.1 Å². The minimum atomic E-state index is -1.45. The highest BCUT2D eigenvalue weighted by Gasteiger charge is 2.38. The first-order valence-electron chi connectivity index (χ1n) is 12.3. The van der Waals surface area contributed by atoms with Gasteiger partial charge in [0.25, 0.3) is 0 Å². The predicted octanol–water partition coefficient (Wildman–Crippen LogP) is 5.53. The Morgan fingerprint density at radius 1 is 1.06 bits per heavy atom. The number of alkyl halides is 1. The summed E-state index contributed by atoms with van der Waals surface area (Å²) in [6, 6.07) is 12.4. The summed E-state index contributed by atoms with van der Waals surface area (Å²) in [6.45, 7) is 9.41. The zero-order valence-corrected chi connectivity index (χ0v) is 21.7. The number of ether oxygens (including phenoxy) is 2. The normalized spacial score (nSPS) is 18.2. The Morgan fingerprint density at radius 2 is 1.67 bits per heavy atom. The molecule has 0 aromatic heterocycles. The lowest BCUT2D eigenvalue weighted by molar-refractivity contribution is -0.136. The van der Waals surface area contributed by atoms with Crippen molar-refractivity contribution in [1.82, 2.24) is 9.80 Å². The lowest BCUT2D eigenvalue weighted by atomic mass is 9.99. The molecule has 2 aromatic carbocycles. The van der Waals surface area contributed by atoms with Crippen molar-refractivity contribution in [2.45, 2.75) is 77.9 Å². The number of benzene rings is 2. The first-order valence-corrected chi connectivity index (χ1v) is 12.3. The van der Waals surface area contributed by atoms with E-state index in [9.17, 15) is 14.0 Å². The number of carbonyl (C=O) groups is 2. The second-order valence-electron chi connectivity index (χ2n) is 10.4. The number of halogens is 2. The molecule has 0 spiro atoms. The quantitative estimate of drug-likeness (QED) is 0.500. The molecule has 0 radical (unpaired) electrons. The number of hydrogen-bond donors (Lipinski definition) is 0. The monoisotopic (exact) mass is 502 g/mol. The molecule has 0 bridgehead atoms. The van der Waals surface area contributed by atoms with Gasteiger partial charge in [0.05, 0.1) is 25.1 Å². The van der Waals surface area contributed by atoms with Crippen molar-refractivity contribution in [1.29, 1.82) is 0 Å². The van der Waals surface area contributed by atoms with Gasteiger partial charge in [0.2, 0.25) is 5.91 Å². The molecule has 6 nitrogen and oxygen atoms in total. The van der Waals surface area contributed by atoms with Gasteiger partial charge in [-0.25, -0.2) is 13.6 Å². The zero-order chi connectivity index (χ0) is 26.5. The van der Waals surface area contributed by atoms with Crippen molar-refractivity contribution < 1.29 is 27.8 Å². The van der Waals surface area contributed by atoms with Crippen molar-refractivity contribution >= 4 is 12.0 Å². The fourth-order valence-electron chi connectivity index (χ4n) is 4.15. The van der Waals surface area contributed by atoms with E-state index < -0.39 is 23.9 Å². The number of likely N-dealkylation sites (tertiary alicyclic amines) is 1. The summed E-state index contributed by atoms with van der Waals surface area (Å²) in [5.41, 5.74) is 0.800. The summed E-state index contributed by atoms with van der Waals surface area (Å²) in [5.74, 6) is 0.0901. The highest BCUT2D eigenvalue weighted by molar-refractivity contribution is 5.79. The van der Waals surface area contributed by atoms with E-state index in [2.05, 4.69) is 0 Å². The van der Waals surface area contributed by atoms with Crippen LogP contribution in [-0.2, 0) is 22.5 Å². The van der Waals surface area contributed by atoms with Crippen molar-refractivity contribution in [2.24, 2.45) is 0 Å². The molecule has 1 saturated heterocycles. The van der Waals surface area contributed by atoms with E-state index in [0.29, 0.717) is 11.3 Å². The van der Waals surface area contributed by atoms with Crippen LogP contribution in [0.25, 0.3) is 0 Å². The molecule has 0 unspecified atom stereocenters. The van der Waals surface area contributed by atoms with Crippen LogP contribution in [0.4, 0.5) is 13.6 Å². The van der Waals surface area contributed by atoms with Crippen LogP contribution in [0.5, 0.6) is 5.75 Å². The smallest absolute Gasteiger partial charge is 0.410 e. The largest absolute Gasteiger partial charge is 0.491 e. The molecule has 0 N–H and O–H groups in total. The van der Waals surface area contributed by atoms with Crippen LogP contribution in [0.2, 0.25) is 0 Å². The maximum Gasteiger partial charge on any atom is 0.410 e. The maximum atomic E-state index is 15.5. The van der Waals surface area contributed by atoms with E-state index in [1.807, 2.05) is 38.1 Å². The molecule has 1 fully saturated rings. The average Bonchev–Trinajstić information content (AvgIpc) is 2.78. The van der Waals surface area contributed by atoms with Crippen molar-refractivity contribution in [3.63, 3.8) is 0 Å². The molecule has 3 rings (SSSR count). The molecule has 1 aliphatic heterocycles. The Bertz CT molecular complexity index is 1020. The number of carbonyl (C=O) groups excluding carboxylic acids is 2. The van der Waals surface area contributed by atoms with E-state index in [4.69, 9.17) is 9.47 Å². The summed E-state index contributed by atoms with van der Waals surface area (Å²) in [4.78, 5) is 28.7. The summed E-state index contributed by atoms with van der Waals surface area (Å²) >= 11 is 0. The molecule has 0 saturated carbocycles. The third-order valence-electron chi connectivity index (χ3n) is 5.80. The lowest BCUT2D eigenvalue weighted by Crippen LogP contribution is -2.55. The molecule has 36 heavy (non-hydrogen) atoms. The summed E-state index contributed by atoms with van der Waals surface area (Å²) in [5, 5.41) is 0. The Kier molecular flexibility index (Phi) is 8.93. The van der Waals surface area contributed by atoms with Gasteiger partial charge in [-0.15, -0.1) is 0 Å². The fourth-order valence-corrected chi connectivity index (χ4v) is 4.15. The Hall–Kier alpha value is -3.16. The molecular weight excluding hydrogens is 466 g/mol. The summed E-state index contributed by atoms with van der Waals surface area (Å²) < 4.78 is 39.9. The van der Waals surface area contributed by atoms with E-state index in [0.717, 1.165) is 5.56 Å². The second kappa shape index (κ2) is 11.7. The molecule has 2 amide bonds. The highest BCUT2D eigenvalue weighted by Crippen LogP contribution is 2.25. The number of nitrogens with zero attached hydrogens (tertiary/aromatic N) is 2. The molecule has 8 heteroatoms. The maximum absolute atomic E-state index is 15.5. The van der Waals surface area contributed by atoms with Crippen LogP contribution in [-0.4, -0.2) is 58.8 Å². The first-order chi connectivity index (χ1) is 16.9. The van der Waals surface area contributed by atoms with Gasteiger partial charge in [0.1, 0.15) is 23.3 Å². The van der Waals surface area contributed by atoms with Crippen LogP contribution in [0.1, 0.15) is 52.2 Å². The summed E-state index contributed by atoms with van der Waals surface area (Å²) in [7, 11) is 0. The van der Waals surface area contributed by atoms with E-state index >= 15 is 4.39 Å². The van der Waals surface area contributed by atoms with Gasteiger partial charge in [-0.05, 0) is 76.4 Å². The fraction of sp³-hybridized carbons (Fsp3) is 0.500. The van der Waals surface area contributed by atoms with Crippen LogP contribution in [0.15, 0.2) is 48.5 Å². The van der Waals surface area contributed by atoms with Crippen LogP contribution >= 0.6 is 0 Å². The molecule has 196 valence electrons. The number of amides is 2. The van der Waals surface area contributed by atoms with Crippen LogP contribution < -0.4 is 4.74 Å². The highest BCUT2D eigenvalue weighted by atomic mass is 19.1. The standard InChI is InChI=1S/C28H36F2N2O4/c1-19(2)35-23-12-8-20(9-13-23)16-26(33)32(17-21-6-10-22(29)11-7-21)25-14-15-31(18-24(25)30)27(34)36-28(3,4)5/h6-13,19,24-25H,14-18H2,1-5H3/t24-,25+/m1/s1. The van der Waals surface area contributed by atoms with Crippen molar-refractivity contribution in [3.05, 3.63) is 65.5 Å². The number of piperidine rings is 1. The minimum Gasteiger partial charge on any atom is -0.491 e. The van der Waals surface area contributed by atoms with Crippen LogP contribution in [0.3, 0.4) is 0 Å². The third kappa shape index (κ3) is 7.93. The molecule has 1 heterocycles. The van der Waals surface area contributed by atoms with Gasteiger partial charge in [-0.2, -0.15) is 0 Å². The van der Waals surface area contributed by atoms with Crippen LogP contribution in [0, 0.1) is 5.82 Å². The SMILES string of the molecule is CC(C)Oc1ccc(CC(=O)N(Cc2ccc(F)cc2)[C@H]2CCN(C(=O)OC(C)(C)C)C[C@H]2F)cc1. The van der Waals surface area contributed by atoms with Crippen molar-refractivity contribution in [3.8, 4) is 5.75 Å². The molecule has 2 aromatic rings. The Balaban J connectivity index is 1.75. The van der Waals surface area contributed by atoms with Gasteiger partial charge in [0.15, 0.2) is 0 Å². The molecule has 2 atom stereocenters. The lowest BCUT2D eigenvalue weighted by Gasteiger charge is -2.41. The second-order valence-corrected chi connectivity index (χ2v) is 10.4. The van der Waals surface area contributed by atoms with E-state index in [1.165, 1.54) is 21.9 Å². The number of hydrogen-bond acceptors (Lipinski definition) is 4. The summed E-state index contributed by atoms with van der Waals surface area (Å²) in [6.07, 6.45) is -1.62.